The summed E-state index contributed by atoms with van der Waals surface area (Å²) in [5.74, 6) is 0.851. The highest BCUT2D eigenvalue weighted by Gasteiger charge is 2.17. The molecule has 1 fully saturated rings. The highest BCUT2D eigenvalue weighted by molar-refractivity contribution is 14.1. The monoisotopic (exact) mass is 461 g/mol. The number of benzene rings is 1. The average molecular weight is 461 g/mol. The molecule has 0 atom stereocenters. The van der Waals surface area contributed by atoms with Gasteiger partial charge >= 0.3 is 0 Å². The van der Waals surface area contributed by atoms with Crippen molar-refractivity contribution < 1.29 is 9.47 Å². The van der Waals surface area contributed by atoms with E-state index >= 15 is 0 Å². The molecule has 0 N–H and O–H groups in total. The van der Waals surface area contributed by atoms with Gasteiger partial charge < -0.3 is 9.47 Å². The summed E-state index contributed by atoms with van der Waals surface area (Å²) in [5.41, 5.74) is 3.31. The first-order valence-electron chi connectivity index (χ1n) is 8.69. The standard InChI is InChI=1S/C20H20IN3O2/c21-18-12-16(13-24-8-10-25-11-9-24)17-2-1-5-23-19(17)20(18)26-14-15-3-6-22-7-4-15/h1-7,12H,8-11,13-14H2. The van der Waals surface area contributed by atoms with Gasteiger partial charge in [0, 0.05) is 43.6 Å². The van der Waals surface area contributed by atoms with Crippen molar-refractivity contribution in [2.45, 2.75) is 13.2 Å². The summed E-state index contributed by atoms with van der Waals surface area (Å²) in [6.45, 7) is 4.97. The van der Waals surface area contributed by atoms with Crippen molar-refractivity contribution in [3.63, 3.8) is 0 Å². The van der Waals surface area contributed by atoms with E-state index in [1.807, 2.05) is 24.4 Å². The molecule has 1 aliphatic heterocycles. The first-order valence-corrected chi connectivity index (χ1v) is 9.77. The number of halogens is 1. The average Bonchev–Trinajstić information content (AvgIpc) is 2.69. The Kier molecular flexibility index (Phi) is 5.62. The molecule has 0 spiro atoms. The molecule has 1 aliphatic rings. The van der Waals surface area contributed by atoms with Crippen LogP contribution in [0.3, 0.4) is 0 Å². The van der Waals surface area contributed by atoms with Gasteiger partial charge in [0.2, 0.25) is 0 Å². The summed E-state index contributed by atoms with van der Waals surface area (Å²) in [5, 5.41) is 1.16. The minimum Gasteiger partial charge on any atom is -0.485 e. The molecule has 0 unspecified atom stereocenters. The predicted octanol–water partition coefficient (Wildman–Crippen LogP) is 3.65. The van der Waals surface area contributed by atoms with Gasteiger partial charge in [0.15, 0.2) is 5.75 Å². The van der Waals surface area contributed by atoms with Gasteiger partial charge in [0.05, 0.1) is 16.8 Å². The molecule has 1 saturated heterocycles. The molecule has 4 rings (SSSR count). The predicted molar refractivity (Wildman–Crippen MR) is 109 cm³/mol. The summed E-state index contributed by atoms with van der Waals surface area (Å²) in [6.07, 6.45) is 5.40. The van der Waals surface area contributed by atoms with Gasteiger partial charge in [0.1, 0.15) is 12.1 Å². The summed E-state index contributed by atoms with van der Waals surface area (Å²) in [7, 11) is 0. The second-order valence-corrected chi connectivity index (χ2v) is 7.44. The molecule has 0 radical (unpaired) electrons. The number of fused-ring (bicyclic) bond motifs is 1. The summed E-state index contributed by atoms with van der Waals surface area (Å²) in [6, 6.07) is 10.3. The Bertz CT molecular complexity index is 883. The second-order valence-electron chi connectivity index (χ2n) is 6.28. The van der Waals surface area contributed by atoms with Crippen LogP contribution in [0.4, 0.5) is 0 Å². The number of morpholine rings is 1. The Morgan fingerprint density at radius 2 is 1.92 bits per heavy atom. The molecule has 5 nitrogen and oxygen atoms in total. The van der Waals surface area contributed by atoms with Gasteiger partial charge in [-0.05, 0) is 58.0 Å². The van der Waals surface area contributed by atoms with Gasteiger partial charge in [-0.2, -0.15) is 0 Å². The molecule has 6 heteroatoms. The van der Waals surface area contributed by atoms with Crippen LogP contribution in [0, 0.1) is 3.57 Å². The molecule has 1 aromatic carbocycles. The van der Waals surface area contributed by atoms with E-state index in [-0.39, 0.29) is 0 Å². The van der Waals surface area contributed by atoms with E-state index in [9.17, 15) is 0 Å². The zero-order chi connectivity index (χ0) is 17.8. The van der Waals surface area contributed by atoms with Crippen LogP contribution in [0.25, 0.3) is 10.9 Å². The van der Waals surface area contributed by atoms with Crippen LogP contribution in [0.2, 0.25) is 0 Å². The van der Waals surface area contributed by atoms with Gasteiger partial charge in [0.25, 0.3) is 0 Å². The van der Waals surface area contributed by atoms with E-state index in [0.717, 1.165) is 58.6 Å². The maximum Gasteiger partial charge on any atom is 0.159 e. The Morgan fingerprint density at radius 1 is 1.12 bits per heavy atom. The largest absolute Gasteiger partial charge is 0.485 e. The minimum atomic E-state index is 0.507. The van der Waals surface area contributed by atoms with Gasteiger partial charge in [-0.15, -0.1) is 0 Å². The van der Waals surface area contributed by atoms with Crippen molar-refractivity contribution in [2.75, 3.05) is 26.3 Å². The molecule has 0 aliphatic carbocycles. The number of nitrogens with zero attached hydrogens (tertiary/aromatic N) is 3. The van der Waals surface area contributed by atoms with Crippen molar-refractivity contribution in [3.8, 4) is 5.75 Å². The molecule has 2 aromatic heterocycles. The van der Waals surface area contributed by atoms with E-state index in [0.29, 0.717) is 6.61 Å². The number of hydrogen-bond acceptors (Lipinski definition) is 5. The van der Waals surface area contributed by atoms with Gasteiger partial charge in [-0.25, -0.2) is 0 Å². The van der Waals surface area contributed by atoms with E-state index in [1.54, 1.807) is 12.4 Å². The number of rotatable bonds is 5. The summed E-state index contributed by atoms with van der Waals surface area (Å²) in [4.78, 5) is 11.1. The first-order chi connectivity index (χ1) is 12.8. The number of aromatic nitrogens is 2. The lowest BCUT2D eigenvalue weighted by Gasteiger charge is -2.27. The zero-order valence-corrected chi connectivity index (χ0v) is 16.6. The number of pyridine rings is 2. The fraction of sp³-hybridized carbons (Fsp3) is 0.300. The lowest BCUT2D eigenvalue weighted by molar-refractivity contribution is 0.0343. The van der Waals surface area contributed by atoms with Crippen molar-refractivity contribution >= 4 is 33.5 Å². The van der Waals surface area contributed by atoms with Gasteiger partial charge in [-0.1, -0.05) is 6.07 Å². The van der Waals surface area contributed by atoms with Crippen LogP contribution in [0.5, 0.6) is 5.75 Å². The normalized spacial score (nSPS) is 15.3. The lowest BCUT2D eigenvalue weighted by Crippen LogP contribution is -2.35. The third-order valence-corrected chi connectivity index (χ3v) is 5.32. The van der Waals surface area contributed by atoms with Crippen molar-refractivity contribution in [1.82, 2.24) is 14.9 Å². The first kappa shape index (κ1) is 17.6. The highest BCUT2D eigenvalue weighted by Crippen LogP contribution is 2.33. The SMILES string of the molecule is Ic1cc(CN2CCOCC2)c2cccnc2c1OCc1ccncc1. The van der Waals surface area contributed by atoms with Crippen LogP contribution < -0.4 is 4.74 Å². The van der Waals surface area contributed by atoms with Crippen molar-refractivity contribution in [1.29, 1.82) is 0 Å². The molecular formula is C20H20IN3O2. The number of ether oxygens (including phenoxy) is 2. The molecule has 134 valence electrons. The topological polar surface area (TPSA) is 47.5 Å². The van der Waals surface area contributed by atoms with Crippen LogP contribution >= 0.6 is 22.6 Å². The number of hydrogen-bond donors (Lipinski definition) is 0. The molecule has 26 heavy (non-hydrogen) atoms. The molecule has 0 amide bonds. The molecule has 3 aromatic rings. The third kappa shape index (κ3) is 3.97. The second kappa shape index (κ2) is 8.28. The van der Waals surface area contributed by atoms with Crippen LogP contribution in [0.15, 0.2) is 48.9 Å². The Hall–Kier alpha value is -1.77. The maximum atomic E-state index is 6.15. The summed E-state index contributed by atoms with van der Waals surface area (Å²) >= 11 is 2.35. The fourth-order valence-electron chi connectivity index (χ4n) is 3.16. The zero-order valence-electron chi connectivity index (χ0n) is 14.4. The molecular weight excluding hydrogens is 441 g/mol. The Morgan fingerprint density at radius 3 is 2.73 bits per heavy atom. The van der Waals surface area contributed by atoms with E-state index in [2.05, 4.69) is 49.6 Å². The van der Waals surface area contributed by atoms with Crippen LogP contribution in [-0.2, 0) is 17.9 Å². The van der Waals surface area contributed by atoms with E-state index < -0.39 is 0 Å². The highest BCUT2D eigenvalue weighted by atomic mass is 127. The maximum absolute atomic E-state index is 6.15. The van der Waals surface area contributed by atoms with Crippen LogP contribution in [-0.4, -0.2) is 41.2 Å². The van der Waals surface area contributed by atoms with Gasteiger partial charge in [-0.3, -0.25) is 14.9 Å². The smallest absolute Gasteiger partial charge is 0.159 e. The molecule has 0 bridgehead atoms. The lowest BCUT2D eigenvalue weighted by atomic mass is 10.1. The van der Waals surface area contributed by atoms with E-state index in [1.165, 1.54) is 5.56 Å². The van der Waals surface area contributed by atoms with Crippen molar-refractivity contribution in [2.24, 2.45) is 0 Å². The fourth-order valence-corrected chi connectivity index (χ4v) is 3.94. The van der Waals surface area contributed by atoms with Crippen molar-refractivity contribution in [3.05, 3.63) is 63.6 Å². The van der Waals surface area contributed by atoms with E-state index in [4.69, 9.17) is 9.47 Å². The Labute approximate surface area is 166 Å². The third-order valence-electron chi connectivity index (χ3n) is 4.52. The quantitative estimate of drug-likeness (QED) is 0.543. The minimum absolute atomic E-state index is 0.507. The molecule has 3 heterocycles. The van der Waals surface area contributed by atoms with Crippen LogP contribution in [0.1, 0.15) is 11.1 Å². The molecule has 0 saturated carbocycles. The Balaban J connectivity index is 1.64. The summed E-state index contributed by atoms with van der Waals surface area (Å²) < 4.78 is 12.7.